The molecule has 0 aliphatic rings. The van der Waals surface area contributed by atoms with Gasteiger partial charge in [0.25, 0.3) is 0 Å². The van der Waals surface area contributed by atoms with Gasteiger partial charge in [-0.25, -0.2) is 12.8 Å². The number of sulfonamides is 1. The Morgan fingerprint density at radius 2 is 1.83 bits per heavy atom. The van der Waals surface area contributed by atoms with Crippen molar-refractivity contribution >= 4 is 21.6 Å². The molecule has 2 aromatic carbocycles. The van der Waals surface area contributed by atoms with Crippen molar-refractivity contribution in [3.05, 3.63) is 59.4 Å². The lowest BCUT2D eigenvalue weighted by atomic mass is 10.1. The molecule has 0 aromatic heterocycles. The summed E-state index contributed by atoms with van der Waals surface area (Å²) in [5.74, 6) is 0.00863. The summed E-state index contributed by atoms with van der Waals surface area (Å²) in [7, 11) is -3.45. The van der Waals surface area contributed by atoms with Crippen molar-refractivity contribution in [2.75, 3.05) is 30.3 Å². The summed E-state index contributed by atoms with van der Waals surface area (Å²) < 4.78 is 44.0. The topological polar surface area (TPSA) is 75.7 Å². The molecule has 0 radical (unpaired) electrons. The molecule has 0 saturated heterocycles. The maximum atomic E-state index is 12.8. The van der Waals surface area contributed by atoms with E-state index in [9.17, 15) is 17.6 Å². The number of hydrogen-bond acceptors (Lipinski definition) is 4. The summed E-state index contributed by atoms with van der Waals surface area (Å²) >= 11 is 0. The van der Waals surface area contributed by atoms with Crippen LogP contribution in [0.1, 0.15) is 24.0 Å². The van der Waals surface area contributed by atoms with Gasteiger partial charge in [-0.1, -0.05) is 17.7 Å². The van der Waals surface area contributed by atoms with Gasteiger partial charge in [-0.15, -0.1) is 0 Å². The zero-order chi connectivity index (χ0) is 21.4. The average Bonchev–Trinajstić information content (AvgIpc) is 2.64. The maximum Gasteiger partial charge on any atom is 0.232 e. The Morgan fingerprint density at radius 1 is 1.14 bits per heavy atom. The molecule has 0 atom stereocenters. The van der Waals surface area contributed by atoms with E-state index in [-0.39, 0.29) is 31.3 Å². The molecule has 2 aromatic rings. The molecule has 6 nitrogen and oxygen atoms in total. The van der Waals surface area contributed by atoms with E-state index < -0.39 is 10.0 Å². The number of rotatable bonds is 10. The highest BCUT2D eigenvalue weighted by Crippen LogP contribution is 2.24. The first-order valence-corrected chi connectivity index (χ1v) is 11.2. The maximum absolute atomic E-state index is 12.8. The quantitative estimate of drug-likeness (QED) is 0.597. The van der Waals surface area contributed by atoms with Crippen molar-refractivity contribution < 1.29 is 22.3 Å². The summed E-state index contributed by atoms with van der Waals surface area (Å²) in [5, 5.41) is 2.73. The molecule has 1 N–H and O–H groups in total. The molecule has 0 aliphatic heterocycles. The van der Waals surface area contributed by atoms with Crippen LogP contribution < -0.4 is 14.4 Å². The molecule has 0 heterocycles. The Morgan fingerprint density at radius 3 is 2.45 bits per heavy atom. The van der Waals surface area contributed by atoms with Crippen LogP contribution in [0.4, 0.5) is 10.1 Å². The minimum Gasteiger partial charge on any atom is -0.492 e. The molecule has 2 rings (SSSR count). The van der Waals surface area contributed by atoms with Crippen molar-refractivity contribution in [1.82, 2.24) is 5.32 Å². The number of benzene rings is 2. The number of ether oxygens (including phenoxy) is 1. The van der Waals surface area contributed by atoms with Crippen molar-refractivity contribution in [2.24, 2.45) is 0 Å². The van der Waals surface area contributed by atoms with Gasteiger partial charge in [0, 0.05) is 13.0 Å². The normalized spacial score (nSPS) is 11.2. The molecule has 158 valence electrons. The summed E-state index contributed by atoms with van der Waals surface area (Å²) in [6.45, 7) is 4.61. The number of halogens is 1. The van der Waals surface area contributed by atoms with E-state index in [0.717, 1.165) is 11.1 Å². The molecule has 1 amide bonds. The Labute approximate surface area is 171 Å². The SMILES string of the molecule is Cc1ccc(N(CCCC(=O)NCCOc2ccc(F)cc2)S(C)(=O)=O)c(C)c1. The predicted octanol–water partition coefficient (Wildman–Crippen LogP) is 3.18. The van der Waals surface area contributed by atoms with Crippen molar-refractivity contribution in [3.63, 3.8) is 0 Å². The van der Waals surface area contributed by atoms with Gasteiger partial charge in [0.15, 0.2) is 0 Å². The zero-order valence-corrected chi connectivity index (χ0v) is 17.8. The summed E-state index contributed by atoms with van der Waals surface area (Å²) in [4.78, 5) is 12.0. The van der Waals surface area contributed by atoms with E-state index in [1.165, 1.54) is 34.8 Å². The van der Waals surface area contributed by atoms with Crippen LogP contribution in [0.15, 0.2) is 42.5 Å². The van der Waals surface area contributed by atoms with Crippen LogP contribution in [0.25, 0.3) is 0 Å². The predicted molar refractivity (Wildman–Crippen MR) is 112 cm³/mol. The van der Waals surface area contributed by atoms with Crippen LogP contribution in [0, 0.1) is 19.7 Å². The molecule has 0 aliphatic carbocycles. The number of amides is 1. The lowest BCUT2D eigenvalue weighted by Crippen LogP contribution is -2.33. The molecule has 0 unspecified atom stereocenters. The van der Waals surface area contributed by atoms with E-state index in [1.807, 2.05) is 26.0 Å². The van der Waals surface area contributed by atoms with Gasteiger partial charge < -0.3 is 10.1 Å². The van der Waals surface area contributed by atoms with Crippen LogP contribution in [0.3, 0.4) is 0 Å². The van der Waals surface area contributed by atoms with Crippen LogP contribution in [-0.2, 0) is 14.8 Å². The second-order valence-electron chi connectivity index (χ2n) is 6.88. The number of nitrogens with one attached hydrogen (secondary N) is 1. The van der Waals surface area contributed by atoms with Crippen molar-refractivity contribution in [1.29, 1.82) is 0 Å². The minimum absolute atomic E-state index is 0.179. The van der Waals surface area contributed by atoms with E-state index in [2.05, 4.69) is 5.32 Å². The first-order valence-electron chi connectivity index (χ1n) is 9.37. The van der Waals surface area contributed by atoms with Gasteiger partial charge in [-0.05, 0) is 56.2 Å². The molecule has 0 bridgehead atoms. The fourth-order valence-corrected chi connectivity index (χ4v) is 3.93. The third kappa shape index (κ3) is 7.38. The second kappa shape index (κ2) is 10.2. The molecule has 0 spiro atoms. The van der Waals surface area contributed by atoms with Crippen molar-refractivity contribution in [2.45, 2.75) is 26.7 Å². The Hall–Kier alpha value is -2.61. The number of aryl methyl sites for hydroxylation is 2. The lowest BCUT2D eigenvalue weighted by molar-refractivity contribution is -0.121. The fourth-order valence-electron chi connectivity index (χ4n) is 2.91. The Kier molecular flexibility index (Phi) is 8.01. The van der Waals surface area contributed by atoms with E-state index in [0.29, 0.717) is 24.4 Å². The first-order chi connectivity index (χ1) is 13.7. The Balaban J connectivity index is 1.78. The highest BCUT2D eigenvalue weighted by molar-refractivity contribution is 7.92. The third-order valence-corrected chi connectivity index (χ3v) is 5.47. The average molecular weight is 423 g/mol. The van der Waals surface area contributed by atoms with Crippen LogP contribution in [-0.4, -0.2) is 40.3 Å². The molecular weight excluding hydrogens is 395 g/mol. The van der Waals surface area contributed by atoms with Gasteiger partial charge in [0.2, 0.25) is 15.9 Å². The standard InChI is InChI=1S/C21H27FN2O4S/c1-16-6-11-20(17(2)15-16)24(29(3,26)27)13-4-5-21(25)23-12-14-28-19-9-7-18(22)8-10-19/h6-11,15H,4-5,12-14H2,1-3H3,(H,23,25). The second-order valence-corrected chi connectivity index (χ2v) is 8.79. The zero-order valence-electron chi connectivity index (χ0n) is 16.9. The minimum atomic E-state index is -3.45. The molecule has 29 heavy (non-hydrogen) atoms. The van der Waals surface area contributed by atoms with E-state index >= 15 is 0 Å². The molecular formula is C21H27FN2O4S. The van der Waals surface area contributed by atoms with Gasteiger partial charge in [0.1, 0.15) is 18.2 Å². The van der Waals surface area contributed by atoms with Crippen LogP contribution in [0.5, 0.6) is 5.75 Å². The number of hydrogen-bond donors (Lipinski definition) is 1. The fraction of sp³-hybridized carbons (Fsp3) is 0.381. The largest absolute Gasteiger partial charge is 0.492 e. The summed E-state index contributed by atoms with van der Waals surface area (Å²) in [5.41, 5.74) is 2.56. The van der Waals surface area contributed by atoms with Crippen LogP contribution in [0.2, 0.25) is 0 Å². The summed E-state index contributed by atoms with van der Waals surface area (Å²) in [6, 6.07) is 11.2. The highest BCUT2D eigenvalue weighted by Gasteiger charge is 2.19. The van der Waals surface area contributed by atoms with Crippen molar-refractivity contribution in [3.8, 4) is 5.75 Å². The Bertz CT molecular complexity index is 930. The number of carbonyl (C=O) groups excluding carboxylic acids is 1. The first kappa shape index (κ1) is 22.7. The number of anilines is 1. The molecule has 0 fully saturated rings. The molecule has 0 saturated carbocycles. The van der Waals surface area contributed by atoms with Crippen LogP contribution >= 0.6 is 0 Å². The third-order valence-electron chi connectivity index (χ3n) is 4.29. The summed E-state index contributed by atoms with van der Waals surface area (Å²) in [6.07, 6.45) is 1.76. The lowest BCUT2D eigenvalue weighted by Gasteiger charge is -2.24. The van der Waals surface area contributed by atoms with Gasteiger partial charge in [0.05, 0.1) is 18.5 Å². The van der Waals surface area contributed by atoms with E-state index in [4.69, 9.17) is 4.74 Å². The van der Waals surface area contributed by atoms with Gasteiger partial charge in [-0.3, -0.25) is 9.10 Å². The van der Waals surface area contributed by atoms with E-state index in [1.54, 1.807) is 6.07 Å². The monoisotopic (exact) mass is 422 g/mol. The molecule has 8 heteroatoms. The number of nitrogens with zero attached hydrogens (tertiary/aromatic N) is 1. The smallest absolute Gasteiger partial charge is 0.232 e. The van der Waals surface area contributed by atoms with Gasteiger partial charge >= 0.3 is 0 Å². The number of carbonyl (C=O) groups is 1. The highest BCUT2D eigenvalue weighted by atomic mass is 32.2. The van der Waals surface area contributed by atoms with Gasteiger partial charge in [-0.2, -0.15) is 0 Å².